The molecule has 2 aliphatic heterocycles. The van der Waals surface area contributed by atoms with Crippen molar-refractivity contribution in [2.75, 3.05) is 7.11 Å². The van der Waals surface area contributed by atoms with Gasteiger partial charge in [-0.05, 0) is 19.8 Å². The summed E-state index contributed by atoms with van der Waals surface area (Å²) in [6.45, 7) is 1.97. The summed E-state index contributed by atoms with van der Waals surface area (Å²) in [5.41, 5.74) is -0.285. The van der Waals surface area contributed by atoms with Crippen LogP contribution in [0.4, 0.5) is 4.79 Å². The molecule has 0 N–H and O–H groups in total. The van der Waals surface area contributed by atoms with Gasteiger partial charge < -0.3 is 4.74 Å². The number of carbonyl (C=O) groups excluding carboxylic acids is 2. The first-order valence-electron chi connectivity index (χ1n) is 4.96. The van der Waals surface area contributed by atoms with E-state index < -0.39 is 0 Å². The predicted molar refractivity (Wildman–Crippen MR) is 49.9 cm³/mol. The Morgan fingerprint density at radius 1 is 1.64 bits per heavy atom. The van der Waals surface area contributed by atoms with Crippen LogP contribution < -0.4 is 0 Å². The zero-order valence-corrected chi connectivity index (χ0v) is 8.58. The van der Waals surface area contributed by atoms with Gasteiger partial charge in [0.25, 0.3) is 0 Å². The molecule has 2 rings (SSSR count). The molecule has 0 aromatic carbocycles. The van der Waals surface area contributed by atoms with Gasteiger partial charge in [0, 0.05) is 18.9 Å². The molecule has 2 bridgehead atoms. The number of rotatable bonds is 0. The molecule has 2 heterocycles. The van der Waals surface area contributed by atoms with Crippen molar-refractivity contribution in [2.45, 2.75) is 44.2 Å². The molecule has 0 aromatic heterocycles. The Hall–Kier alpha value is -1.06. The summed E-state index contributed by atoms with van der Waals surface area (Å²) in [6, 6.07) is 0.0775. The molecule has 1 amide bonds. The van der Waals surface area contributed by atoms with Crippen molar-refractivity contribution in [2.24, 2.45) is 0 Å². The highest BCUT2D eigenvalue weighted by molar-refractivity contribution is 5.84. The maximum Gasteiger partial charge on any atom is 0.410 e. The van der Waals surface area contributed by atoms with Crippen LogP contribution in [0, 0.1) is 0 Å². The first-order chi connectivity index (χ1) is 6.57. The van der Waals surface area contributed by atoms with Crippen LogP contribution in [0.3, 0.4) is 0 Å². The van der Waals surface area contributed by atoms with Gasteiger partial charge in [-0.1, -0.05) is 0 Å². The van der Waals surface area contributed by atoms with E-state index in [1.807, 2.05) is 6.92 Å². The van der Waals surface area contributed by atoms with E-state index in [4.69, 9.17) is 4.74 Å². The summed E-state index contributed by atoms with van der Waals surface area (Å²) in [5, 5.41) is 0. The molecule has 0 saturated carbocycles. The second kappa shape index (κ2) is 2.97. The Balaban J connectivity index is 2.27. The Bertz CT molecular complexity index is 289. The van der Waals surface area contributed by atoms with Gasteiger partial charge in [0.15, 0.2) is 0 Å². The summed E-state index contributed by atoms with van der Waals surface area (Å²) < 4.78 is 4.75. The zero-order chi connectivity index (χ0) is 10.3. The fourth-order valence-electron chi connectivity index (χ4n) is 2.76. The molecule has 0 aliphatic carbocycles. The van der Waals surface area contributed by atoms with E-state index in [-0.39, 0.29) is 23.5 Å². The predicted octanol–water partition coefficient (Wildman–Crippen LogP) is 1.34. The Kier molecular flexibility index (Phi) is 2.01. The largest absolute Gasteiger partial charge is 0.453 e. The minimum atomic E-state index is -0.289. The average molecular weight is 197 g/mol. The lowest BCUT2D eigenvalue weighted by Gasteiger charge is -2.40. The molecule has 4 heteroatoms. The first-order valence-corrected chi connectivity index (χ1v) is 4.96. The highest BCUT2D eigenvalue weighted by Gasteiger charge is 2.51. The average Bonchev–Trinajstić information content (AvgIpc) is 2.33. The lowest BCUT2D eigenvalue weighted by molar-refractivity contribution is -0.125. The van der Waals surface area contributed by atoms with Crippen molar-refractivity contribution in [1.29, 1.82) is 0 Å². The van der Waals surface area contributed by atoms with Crippen LogP contribution in [0.5, 0.6) is 0 Å². The molecule has 0 spiro atoms. The van der Waals surface area contributed by atoms with Crippen LogP contribution in [-0.4, -0.2) is 35.5 Å². The Morgan fingerprint density at radius 2 is 2.36 bits per heavy atom. The number of hydrogen-bond acceptors (Lipinski definition) is 3. The van der Waals surface area contributed by atoms with Gasteiger partial charge in [0.05, 0.1) is 12.6 Å². The molecule has 4 nitrogen and oxygen atoms in total. The van der Waals surface area contributed by atoms with Gasteiger partial charge >= 0.3 is 6.09 Å². The Labute approximate surface area is 83.2 Å². The lowest BCUT2D eigenvalue weighted by atomic mass is 9.90. The molecule has 2 aliphatic rings. The summed E-state index contributed by atoms with van der Waals surface area (Å²) >= 11 is 0. The van der Waals surface area contributed by atoms with E-state index in [9.17, 15) is 9.59 Å². The molecule has 2 atom stereocenters. The van der Waals surface area contributed by atoms with E-state index in [2.05, 4.69) is 0 Å². The number of hydrogen-bond donors (Lipinski definition) is 0. The molecular weight excluding hydrogens is 182 g/mol. The van der Waals surface area contributed by atoms with E-state index in [1.165, 1.54) is 7.11 Å². The number of piperidine rings is 1. The molecule has 14 heavy (non-hydrogen) atoms. The minimum absolute atomic E-state index is 0.0775. The van der Waals surface area contributed by atoms with Crippen molar-refractivity contribution >= 4 is 11.9 Å². The fraction of sp³-hybridized carbons (Fsp3) is 0.800. The smallest absolute Gasteiger partial charge is 0.410 e. The number of ketones is 1. The number of methoxy groups -OCH3 is 1. The maximum absolute atomic E-state index is 11.5. The van der Waals surface area contributed by atoms with Crippen molar-refractivity contribution in [3.8, 4) is 0 Å². The summed E-state index contributed by atoms with van der Waals surface area (Å²) in [4.78, 5) is 24.7. The van der Waals surface area contributed by atoms with Gasteiger partial charge in [-0.25, -0.2) is 4.79 Å². The van der Waals surface area contributed by atoms with Crippen molar-refractivity contribution in [3.05, 3.63) is 0 Å². The van der Waals surface area contributed by atoms with Crippen LogP contribution >= 0.6 is 0 Å². The number of Topliss-reactive ketones (excluding diaryl/α,β-unsaturated/α-hetero) is 1. The third kappa shape index (κ3) is 1.21. The Morgan fingerprint density at radius 3 is 2.93 bits per heavy atom. The van der Waals surface area contributed by atoms with Gasteiger partial charge in [-0.3, -0.25) is 9.69 Å². The topological polar surface area (TPSA) is 46.6 Å². The van der Waals surface area contributed by atoms with E-state index in [0.717, 1.165) is 12.8 Å². The van der Waals surface area contributed by atoms with Crippen LogP contribution in [0.25, 0.3) is 0 Å². The molecule has 1 unspecified atom stereocenters. The second-order valence-electron chi connectivity index (χ2n) is 4.45. The standard InChI is InChI=1S/C10H15NO3/c1-10-4-3-7(5-8(12)6-10)11(10)9(13)14-2/h7H,3-6H2,1-2H3/t7?,10-/m0/s1. The van der Waals surface area contributed by atoms with Gasteiger partial charge in [0.1, 0.15) is 5.78 Å². The molecule has 78 valence electrons. The third-order valence-electron chi connectivity index (χ3n) is 3.38. The van der Waals surface area contributed by atoms with Gasteiger partial charge in [-0.15, -0.1) is 0 Å². The fourth-order valence-corrected chi connectivity index (χ4v) is 2.76. The minimum Gasteiger partial charge on any atom is -0.453 e. The summed E-state index contributed by atoms with van der Waals surface area (Å²) in [5.74, 6) is 0.273. The van der Waals surface area contributed by atoms with E-state index >= 15 is 0 Å². The van der Waals surface area contributed by atoms with Gasteiger partial charge in [-0.2, -0.15) is 0 Å². The number of ether oxygens (including phenoxy) is 1. The molecular formula is C10H15NO3. The highest BCUT2D eigenvalue weighted by atomic mass is 16.5. The number of fused-ring (bicyclic) bond motifs is 2. The molecule has 0 aromatic rings. The van der Waals surface area contributed by atoms with E-state index in [0.29, 0.717) is 12.8 Å². The van der Waals surface area contributed by atoms with Crippen LogP contribution in [0.2, 0.25) is 0 Å². The monoisotopic (exact) mass is 197 g/mol. The molecule has 2 saturated heterocycles. The second-order valence-corrected chi connectivity index (χ2v) is 4.45. The summed E-state index contributed by atoms with van der Waals surface area (Å²) in [7, 11) is 1.39. The van der Waals surface area contributed by atoms with Crippen LogP contribution in [0.1, 0.15) is 32.6 Å². The summed E-state index contributed by atoms with van der Waals surface area (Å²) in [6.07, 6.45) is 2.54. The van der Waals surface area contributed by atoms with Crippen LogP contribution in [-0.2, 0) is 9.53 Å². The normalized spacial score (nSPS) is 36.0. The van der Waals surface area contributed by atoms with Gasteiger partial charge in [0.2, 0.25) is 0 Å². The molecule has 2 fully saturated rings. The number of carbonyl (C=O) groups is 2. The highest BCUT2D eigenvalue weighted by Crippen LogP contribution is 2.42. The molecule has 0 radical (unpaired) electrons. The zero-order valence-electron chi connectivity index (χ0n) is 8.58. The number of nitrogens with zero attached hydrogens (tertiary/aromatic N) is 1. The van der Waals surface area contributed by atoms with E-state index in [1.54, 1.807) is 4.90 Å². The van der Waals surface area contributed by atoms with Crippen LogP contribution in [0.15, 0.2) is 0 Å². The third-order valence-corrected chi connectivity index (χ3v) is 3.38. The van der Waals surface area contributed by atoms with Crippen molar-refractivity contribution in [3.63, 3.8) is 0 Å². The SMILES string of the molecule is COC(=O)N1C2CC[C@@]1(C)CC(=O)C2. The quantitative estimate of drug-likeness (QED) is 0.588. The van der Waals surface area contributed by atoms with Crippen molar-refractivity contribution < 1.29 is 14.3 Å². The maximum atomic E-state index is 11.5. The number of amides is 1. The lowest BCUT2D eigenvalue weighted by Crippen LogP contribution is -2.53. The van der Waals surface area contributed by atoms with Crippen molar-refractivity contribution in [1.82, 2.24) is 4.90 Å². The first kappa shape index (κ1) is 9.49.